The lowest BCUT2D eigenvalue weighted by Crippen LogP contribution is -2.41. The molecule has 2 fully saturated rings. The summed E-state index contributed by atoms with van der Waals surface area (Å²) in [5.74, 6) is 0.845. The van der Waals surface area contributed by atoms with Crippen LogP contribution in [0.5, 0.6) is 0 Å². The van der Waals surface area contributed by atoms with Gasteiger partial charge in [-0.05, 0) is 38.6 Å². The van der Waals surface area contributed by atoms with Gasteiger partial charge in [-0.15, -0.1) is 0 Å². The standard InChI is InChI=1S/C17H18N6O/c1-4-22-16(24)12(10-19-2)15(20-3)23(22)14-7-5-6-13(21-14)17(11-18)8-9-17/h5-7,10H,2,4,8-9H2,1,3H3/b12-10+,20-15?. The zero-order chi connectivity index (χ0) is 17.3. The first-order chi connectivity index (χ1) is 11.6. The first-order valence-electron chi connectivity index (χ1n) is 7.75. The highest BCUT2D eigenvalue weighted by Crippen LogP contribution is 2.47. The Hall–Kier alpha value is -3.01. The number of anilines is 1. The van der Waals surface area contributed by atoms with Gasteiger partial charge in [0.2, 0.25) is 0 Å². The molecule has 0 atom stereocenters. The monoisotopic (exact) mass is 322 g/mol. The smallest absolute Gasteiger partial charge is 0.272 e. The Morgan fingerprint density at radius 2 is 2.25 bits per heavy atom. The van der Waals surface area contributed by atoms with Crippen molar-refractivity contribution in [3.8, 4) is 6.07 Å². The lowest BCUT2D eigenvalue weighted by molar-refractivity contribution is -0.125. The van der Waals surface area contributed by atoms with Crippen LogP contribution in [0.25, 0.3) is 0 Å². The molecule has 0 spiro atoms. The Kier molecular flexibility index (Phi) is 3.89. The van der Waals surface area contributed by atoms with Crippen molar-refractivity contribution in [2.45, 2.75) is 25.2 Å². The molecule has 0 N–H and O–H groups in total. The fourth-order valence-corrected chi connectivity index (χ4v) is 2.85. The molecule has 1 aromatic rings. The summed E-state index contributed by atoms with van der Waals surface area (Å²) < 4.78 is 0. The summed E-state index contributed by atoms with van der Waals surface area (Å²) in [4.78, 5) is 25.2. The van der Waals surface area contributed by atoms with E-state index >= 15 is 0 Å². The number of pyridine rings is 1. The van der Waals surface area contributed by atoms with Crippen LogP contribution in [0.3, 0.4) is 0 Å². The molecule has 7 heteroatoms. The summed E-state index contributed by atoms with van der Waals surface area (Å²) in [5, 5.41) is 12.6. The number of carbonyl (C=O) groups is 1. The molecule has 122 valence electrons. The third kappa shape index (κ3) is 2.27. The predicted molar refractivity (Wildman–Crippen MR) is 91.6 cm³/mol. The molecule has 1 aromatic heterocycles. The van der Waals surface area contributed by atoms with Crippen molar-refractivity contribution < 1.29 is 4.79 Å². The molecule has 24 heavy (non-hydrogen) atoms. The third-order valence-corrected chi connectivity index (χ3v) is 4.29. The van der Waals surface area contributed by atoms with Crippen LogP contribution in [0.2, 0.25) is 0 Å². The molecule has 0 aromatic carbocycles. The second-order valence-corrected chi connectivity index (χ2v) is 5.68. The summed E-state index contributed by atoms with van der Waals surface area (Å²) >= 11 is 0. The quantitative estimate of drug-likeness (QED) is 0.625. The van der Waals surface area contributed by atoms with E-state index in [9.17, 15) is 10.1 Å². The van der Waals surface area contributed by atoms with Gasteiger partial charge in [-0.2, -0.15) is 5.26 Å². The second-order valence-electron chi connectivity index (χ2n) is 5.68. The minimum atomic E-state index is -0.484. The SMILES string of the molecule is C=N/C=C1/C(=O)N(CC)N(c2cccc(C3(C#N)CC3)n2)C1=NC. The van der Waals surface area contributed by atoms with Crippen LogP contribution in [-0.2, 0) is 10.2 Å². The molecular weight excluding hydrogens is 304 g/mol. The largest absolute Gasteiger partial charge is 0.278 e. The number of likely N-dealkylation sites (N-methyl/N-ethyl adjacent to an activating group) is 1. The molecule has 1 saturated heterocycles. The molecule has 1 aliphatic carbocycles. The van der Waals surface area contributed by atoms with E-state index in [0.717, 1.165) is 18.5 Å². The first-order valence-corrected chi connectivity index (χ1v) is 7.75. The number of carbonyl (C=O) groups excluding carboxylic acids is 1. The summed E-state index contributed by atoms with van der Waals surface area (Å²) in [5.41, 5.74) is 0.630. The van der Waals surface area contributed by atoms with Gasteiger partial charge in [0.25, 0.3) is 5.91 Å². The Morgan fingerprint density at radius 1 is 1.50 bits per heavy atom. The number of hydrazine groups is 1. The van der Waals surface area contributed by atoms with Gasteiger partial charge >= 0.3 is 0 Å². The van der Waals surface area contributed by atoms with Gasteiger partial charge in [-0.25, -0.2) is 15.0 Å². The van der Waals surface area contributed by atoms with Gasteiger partial charge in [0, 0.05) is 19.8 Å². The lowest BCUT2D eigenvalue weighted by atomic mass is 10.0. The number of aromatic nitrogens is 1. The molecule has 2 aliphatic rings. The number of aliphatic imine (C=N–C) groups is 2. The molecule has 1 saturated carbocycles. The van der Waals surface area contributed by atoms with Crippen LogP contribution >= 0.6 is 0 Å². The molecule has 0 bridgehead atoms. The van der Waals surface area contributed by atoms with Crippen LogP contribution in [0.1, 0.15) is 25.5 Å². The van der Waals surface area contributed by atoms with E-state index in [4.69, 9.17) is 0 Å². The second kappa shape index (κ2) is 5.89. The summed E-state index contributed by atoms with van der Waals surface area (Å²) in [7, 11) is 1.62. The third-order valence-electron chi connectivity index (χ3n) is 4.29. The van der Waals surface area contributed by atoms with Crippen LogP contribution in [0, 0.1) is 11.3 Å². The molecule has 3 rings (SSSR count). The Bertz CT molecular complexity index is 800. The normalized spacial score (nSPS) is 22.1. The fraction of sp³-hybridized carbons (Fsp3) is 0.353. The van der Waals surface area contributed by atoms with Gasteiger partial charge in [0.1, 0.15) is 5.57 Å². The van der Waals surface area contributed by atoms with E-state index in [1.807, 2.05) is 25.1 Å². The van der Waals surface area contributed by atoms with E-state index in [2.05, 4.69) is 27.8 Å². The van der Waals surface area contributed by atoms with Crippen molar-refractivity contribution in [3.63, 3.8) is 0 Å². The number of amides is 1. The predicted octanol–water partition coefficient (Wildman–Crippen LogP) is 1.83. The Balaban J connectivity index is 2.09. The number of nitrogens with zero attached hydrogens (tertiary/aromatic N) is 6. The highest BCUT2D eigenvalue weighted by molar-refractivity contribution is 6.31. The average molecular weight is 322 g/mol. The number of amidine groups is 1. The van der Waals surface area contributed by atoms with Crippen LogP contribution < -0.4 is 5.01 Å². The maximum atomic E-state index is 12.6. The summed E-state index contributed by atoms with van der Waals surface area (Å²) in [6, 6.07) is 7.87. The van der Waals surface area contributed by atoms with E-state index in [1.54, 1.807) is 17.1 Å². The van der Waals surface area contributed by atoms with Crippen molar-refractivity contribution in [2.75, 3.05) is 18.6 Å². The van der Waals surface area contributed by atoms with Gasteiger partial charge in [0.15, 0.2) is 11.7 Å². The highest BCUT2D eigenvalue weighted by Gasteiger charge is 2.47. The maximum Gasteiger partial charge on any atom is 0.278 e. The van der Waals surface area contributed by atoms with Gasteiger partial charge in [-0.3, -0.25) is 14.8 Å². The minimum absolute atomic E-state index is 0.195. The summed E-state index contributed by atoms with van der Waals surface area (Å²) in [6.45, 7) is 5.76. The molecule has 0 radical (unpaired) electrons. The van der Waals surface area contributed by atoms with E-state index in [-0.39, 0.29) is 5.91 Å². The van der Waals surface area contributed by atoms with Gasteiger partial charge in [0.05, 0.1) is 17.2 Å². The van der Waals surface area contributed by atoms with Crippen molar-refractivity contribution in [3.05, 3.63) is 35.7 Å². The maximum absolute atomic E-state index is 12.6. The van der Waals surface area contributed by atoms with Crippen molar-refractivity contribution >= 4 is 24.3 Å². The van der Waals surface area contributed by atoms with Crippen LogP contribution in [0.15, 0.2) is 40.0 Å². The van der Waals surface area contributed by atoms with E-state index < -0.39 is 5.41 Å². The van der Waals surface area contributed by atoms with E-state index in [0.29, 0.717) is 23.8 Å². The highest BCUT2D eigenvalue weighted by atomic mass is 16.2. The number of rotatable bonds is 4. The lowest BCUT2D eigenvalue weighted by Gasteiger charge is -2.27. The fourth-order valence-electron chi connectivity index (χ4n) is 2.85. The van der Waals surface area contributed by atoms with Crippen molar-refractivity contribution in [2.24, 2.45) is 9.98 Å². The van der Waals surface area contributed by atoms with Crippen molar-refractivity contribution in [1.29, 1.82) is 5.26 Å². The minimum Gasteiger partial charge on any atom is -0.272 e. The number of nitriles is 1. The number of hydrogen-bond donors (Lipinski definition) is 0. The molecular formula is C17H18N6O. The van der Waals surface area contributed by atoms with E-state index in [1.165, 1.54) is 6.20 Å². The summed E-state index contributed by atoms with van der Waals surface area (Å²) in [6.07, 6.45) is 3.04. The molecule has 2 heterocycles. The van der Waals surface area contributed by atoms with Gasteiger partial charge in [-0.1, -0.05) is 6.07 Å². The molecule has 0 unspecified atom stereocenters. The topological polar surface area (TPSA) is 85.0 Å². The molecule has 7 nitrogen and oxygen atoms in total. The van der Waals surface area contributed by atoms with Crippen LogP contribution in [0.4, 0.5) is 5.82 Å². The Labute approximate surface area is 140 Å². The van der Waals surface area contributed by atoms with Gasteiger partial charge < -0.3 is 0 Å². The zero-order valence-electron chi connectivity index (χ0n) is 13.7. The Morgan fingerprint density at radius 3 is 2.79 bits per heavy atom. The first kappa shape index (κ1) is 15.9. The molecule has 1 amide bonds. The van der Waals surface area contributed by atoms with Crippen LogP contribution in [-0.4, -0.2) is 42.0 Å². The van der Waals surface area contributed by atoms with Crippen molar-refractivity contribution in [1.82, 2.24) is 9.99 Å². The zero-order valence-corrected chi connectivity index (χ0v) is 13.7. The molecule has 1 aliphatic heterocycles. The number of hydrogen-bond acceptors (Lipinski definition) is 5. The average Bonchev–Trinajstić information content (AvgIpc) is 3.37.